The quantitative estimate of drug-likeness (QED) is 0.710. The van der Waals surface area contributed by atoms with E-state index in [1.54, 1.807) is 6.92 Å². The van der Waals surface area contributed by atoms with Gasteiger partial charge in [0.15, 0.2) is 0 Å². The van der Waals surface area contributed by atoms with E-state index >= 15 is 0 Å². The summed E-state index contributed by atoms with van der Waals surface area (Å²) in [6.45, 7) is 8.30. The van der Waals surface area contributed by atoms with Gasteiger partial charge in [0.2, 0.25) is 5.91 Å². The fourth-order valence-corrected chi connectivity index (χ4v) is 1.97. The number of aliphatic hydroxyl groups excluding tert-OH is 1. The normalized spacial score (nSPS) is 17.2. The maximum atomic E-state index is 11.4. The average molecular weight is 219 g/mol. The van der Waals surface area contributed by atoms with Crippen molar-refractivity contribution in [2.75, 3.05) is 6.54 Å². The number of aliphatic hydroxyl groups is 1. The Hall–Kier alpha value is -0.220. The van der Waals surface area contributed by atoms with Gasteiger partial charge in [-0.05, 0) is 20.3 Å². The van der Waals surface area contributed by atoms with Crippen molar-refractivity contribution in [1.29, 1.82) is 0 Å². The first-order chi connectivity index (χ1) is 6.49. The van der Waals surface area contributed by atoms with Crippen LogP contribution in [0.4, 0.5) is 0 Å². The molecular formula is C10H21NO2S. The lowest BCUT2D eigenvalue weighted by molar-refractivity contribution is -0.120. The van der Waals surface area contributed by atoms with E-state index in [0.29, 0.717) is 0 Å². The number of nitrogens with one attached hydrogen (secondary N) is 1. The highest BCUT2D eigenvalue weighted by Gasteiger charge is 2.18. The van der Waals surface area contributed by atoms with Crippen molar-refractivity contribution in [3.8, 4) is 0 Å². The molecule has 0 aromatic heterocycles. The van der Waals surface area contributed by atoms with E-state index in [0.717, 1.165) is 13.0 Å². The highest BCUT2D eigenvalue weighted by atomic mass is 32.2. The van der Waals surface area contributed by atoms with Crippen LogP contribution in [0.3, 0.4) is 0 Å². The molecule has 0 aliphatic rings. The van der Waals surface area contributed by atoms with Crippen LogP contribution < -0.4 is 5.32 Å². The van der Waals surface area contributed by atoms with Gasteiger partial charge in [-0.25, -0.2) is 0 Å². The molecular weight excluding hydrogens is 198 g/mol. The van der Waals surface area contributed by atoms with Crippen molar-refractivity contribution < 1.29 is 9.90 Å². The van der Waals surface area contributed by atoms with E-state index in [-0.39, 0.29) is 22.5 Å². The summed E-state index contributed by atoms with van der Waals surface area (Å²) in [4.78, 5) is 11.4. The van der Waals surface area contributed by atoms with Gasteiger partial charge in [-0.1, -0.05) is 13.8 Å². The van der Waals surface area contributed by atoms with Gasteiger partial charge in [0.25, 0.3) is 0 Å². The van der Waals surface area contributed by atoms with Crippen molar-refractivity contribution >= 4 is 17.7 Å². The molecule has 0 rings (SSSR count). The summed E-state index contributed by atoms with van der Waals surface area (Å²) >= 11 is 1.50. The van der Waals surface area contributed by atoms with Crippen LogP contribution in [0.25, 0.3) is 0 Å². The summed E-state index contributed by atoms with van der Waals surface area (Å²) in [5.74, 6) is 0.0596. The standard InChI is InChI=1S/C10H21NO2S/c1-5-6-11-10(13)9(4)14-8(3)7(2)12/h7-9,12H,5-6H2,1-4H3,(H,11,13). The minimum atomic E-state index is -0.374. The molecule has 0 bridgehead atoms. The van der Waals surface area contributed by atoms with Crippen LogP contribution >= 0.6 is 11.8 Å². The lowest BCUT2D eigenvalue weighted by Crippen LogP contribution is -2.33. The molecule has 3 atom stereocenters. The number of thioether (sulfide) groups is 1. The Labute approximate surface area is 90.7 Å². The summed E-state index contributed by atoms with van der Waals surface area (Å²) in [5.41, 5.74) is 0. The van der Waals surface area contributed by atoms with Gasteiger partial charge in [-0.3, -0.25) is 4.79 Å². The van der Waals surface area contributed by atoms with Crippen molar-refractivity contribution in [3.05, 3.63) is 0 Å². The first kappa shape index (κ1) is 13.8. The molecule has 3 nitrogen and oxygen atoms in total. The molecule has 14 heavy (non-hydrogen) atoms. The molecule has 84 valence electrons. The number of rotatable bonds is 6. The number of hydrogen-bond donors (Lipinski definition) is 2. The molecule has 0 heterocycles. The third kappa shape index (κ3) is 5.50. The van der Waals surface area contributed by atoms with Crippen molar-refractivity contribution in [3.63, 3.8) is 0 Å². The smallest absolute Gasteiger partial charge is 0.232 e. The molecule has 1 amide bonds. The topological polar surface area (TPSA) is 49.3 Å². The third-order valence-electron chi connectivity index (χ3n) is 2.02. The zero-order valence-electron chi connectivity index (χ0n) is 9.41. The molecule has 3 unspecified atom stereocenters. The molecule has 0 radical (unpaired) electrons. The third-order valence-corrected chi connectivity index (χ3v) is 3.46. The van der Waals surface area contributed by atoms with Crippen LogP contribution in [0.5, 0.6) is 0 Å². The van der Waals surface area contributed by atoms with Crippen molar-refractivity contribution in [2.24, 2.45) is 0 Å². The Bertz CT molecular complexity index is 174. The largest absolute Gasteiger partial charge is 0.392 e. The predicted octanol–water partition coefficient (Wildman–Crippen LogP) is 1.40. The number of carbonyl (C=O) groups excluding carboxylic acids is 1. The Morgan fingerprint density at radius 2 is 2.00 bits per heavy atom. The average Bonchev–Trinajstić information content (AvgIpc) is 2.13. The van der Waals surface area contributed by atoms with Gasteiger partial charge in [-0.2, -0.15) is 0 Å². The van der Waals surface area contributed by atoms with Crippen LogP contribution in [0.15, 0.2) is 0 Å². The minimum absolute atomic E-state index is 0.0596. The summed E-state index contributed by atoms with van der Waals surface area (Å²) < 4.78 is 0. The summed E-state index contributed by atoms with van der Waals surface area (Å²) in [7, 11) is 0. The lowest BCUT2D eigenvalue weighted by atomic mass is 10.3. The maximum Gasteiger partial charge on any atom is 0.232 e. The molecule has 0 aliphatic heterocycles. The number of hydrogen-bond acceptors (Lipinski definition) is 3. The van der Waals surface area contributed by atoms with E-state index in [2.05, 4.69) is 5.32 Å². The van der Waals surface area contributed by atoms with Gasteiger partial charge in [0.05, 0.1) is 11.4 Å². The first-order valence-electron chi connectivity index (χ1n) is 5.10. The Morgan fingerprint density at radius 3 is 2.43 bits per heavy atom. The summed E-state index contributed by atoms with van der Waals surface area (Å²) in [6, 6.07) is 0. The Balaban J connectivity index is 3.82. The zero-order valence-corrected chi connectivity index (χ0v) is 10.2. The molecule has 2 N–H and O–H groups in total. The Morgan fingerprint density at radius 1 is 1.43 bits per heavy atom. The van der Waals surface area contributed by atoms with Gasteiger partial charge < -0.3 is 10.4 Å². The fourth-order valence-electron chi connectivity index (χ4n) is 0.889. The molecule has 0 saturated heterocycles. The zero-order chi connectivity index (χ0) is 11.1. The molecule has 0 fully saturated rings. The Kier molecular flexibility index (Phi) is 7.01. The van der Waals surface area contributed by atoms with Crippen LogP contribution in [-0.4, -0.2) is 34.2 Å². The number of amides is 1. The second-order valence-electron chi connectivity index (χ2n) is 3.52. The van der Waals surface area contributed by atoms with Crippen LogP contribution in [0.1, 0.15) is 34.1 Å². The van der Waals surface area contributed by atoms with Crippen LogP contribution in [-0.2, 0) is 4.79 Å². The molecule has 4 heteroatoms. The van der Waals surface area contributed by atoms with E-state index in [1.807, 2.05) is 20.8 Å². The van der Waals surface area contributed by atoms with Crippen molar-refractivity contribution in [1.82, 2.24) is 5.32 Å². The van der Waals surface area contributed by atoms with Crippen LogP contribution in [0.2, 0.25) is 0 Å². The van der Waals surface area contributed by atoms with E-state index < -0.39 is 0 Å². The number of carbonyl (C=O) groups is 1. The lowest BCUT2D eigenvalue weighted by Gasteiger charge is -2.18. The maximum absolute atomic E-state index is 11.4. The fraction of sp³-hybridized carbons (Fsp3) is 0.900. The second-order valence-corrected chi connectivity index (χ2v) is 5.24. The molecule has 0 aromatic rings. The molecule has 0 aliphatic carbocycles. The van der Waals surface area contributed by atoms with Gasteiger partial charge in [-0.15, -0.1) is 11.8 Å². The second kappa shape index (κ2) is 7.12. The van der Waals surface area contributed by atoms with E-state index in [4.69, 9.17) is 0 Å². The predicted molar refractivity (Wildman–Crippen MR) is 61.5 cm³/mol. The van der Waals surface area contributed by atoms with Gasteiger partial charge in [0, 0.05) is 11.8 Å². The highest BCUT2D eigenvalue weighted by molar-refractivity contribution is 8.01. The van der Waals surface area contributed by atoms with Crippen LogP contribution in [0, 0.1) is 0 Å². The van der Waals surface area contributed by atoms with Crippen molar-refractivity contribution in [2.45, 2.75) is 50.7 Å². The van der Waals surface area contributed by atoms with E-state index in [1.165, 1.54) is 11.8 Å². The summed E-state index contributed by atoms with van der Waals surface area (Å²) in [5, 5.41) is 12.1. The molecule has 0 spiro atoms. The molecule has 0 aromatic carbocycles. The summed E-state index contributed by atoms with van der Waals surface area (Å²) in [6.07, 6.45) is 0.580. The SMILES string of the molecule is CCCNC(=O)C(C)SC(C)C(C)O. The minimum Gasteiger partial charge on any atom is -0.392 e. The monoisotopic (exact) mass is 219 g/mol. The van der Waals surface area contributed by atoms with Gasteiger partial charge >= 0.3 is 0 Å². The van der Waals surface area contributed by atoms with E-state index in [9.17, 15) is 9.90 Å². The first-order valence-corrected chi connectivity index (χ1v) is 6.04. The highest BCUT2D eigenvalue weighted by Crippen LogP contribution is 2.20. The van der Waals surface area contributed by atoms with Gasteiger partial charge in [0.1, 0.15) is 0 Å². The molecule has 0 saturated carbocycles.